The zero-order chi connectivity index (χ0) is 30.3. The number of rotatable bonds is 9. The molecule has 2 aliphatic carbocycles. The molecule has 1 unspecified atom stereocenters. The van der Waals surface area contributed by atoms with Crippen LogP contribution in [-0.2, 0) is 15.7 Å². The van der Waals surface area contributed by atoms with Crippen LogP contribution in [0.3, 0.4) is 0 Å². The maximum atomic E-state index is 14.5. The third-order valence-corrected chi connectivity index (χ3v) is 8.83. The lowest BCUT2D eigenvalue weighted by Crippen LogP contribution is -2.39. The summed E-state index contributed by atoms with van der Waals surface area (Å²) < 4.78 is 63.2. The molecule has 1 aromatic carbocycles. The number of carbonyl (C=O) groups is 2. The number of nitrogens with zero attached hydrogens (tertiary/aromatic N) is 3. The molecule has 0 bridgehead atoms. The molecule has 7 nitrogen and oxygen atoms in total. The van der Waals surface area contributed by atoms with E-state index < -0.39 is 53.3 Å². The average molecular weight is 622 g/mol. The van der Waals surface area contributed by atoms with E-state index in [1.165, 1.54) is 0 Å². The van der Waals surface area contributed by atoms with E-state index in [0.29, 0.717) is 12.8 Å². The molecule has 2 aliphatic rings. The van der Waals surface area contributed by atoms with Crippen LogP contribution in [0, 0.1) is 16.6 Å². The molecule has 1 N–H and O–H groups in total. The van der Waals surface area contributed by atoms with Crippen LogP contribution in [0.5, 0.6) is 0 Å². The smallest absolute Gasteiger partial charge is 0.433 e. The lowest BCUT2D eigenvalue weighted by atomic mass is 9.74. The van der Waals surface area contributed by atoms with Crippen LogP contribution in [0.1, 0.15) is 93.1 Å². The average Bonchev–Trinajstić information content (AvgIpc) is 3.41. The number of esters is 1. The second-order valence-corrected chi connectivity index (χ2v) is 12.5. The maximum Gasteiger partial charge on any atom is 0.433 e. The van der Waals surface area contributed by atoms with Crippen molar-refractivity contribution in [2.75, 3.05) is 19.7 Å². The van der Waals surface area contributed by atoms with Gasteiger partial charge in [0, 0.05) is 12.1 Å². The summed E-state index contributed by atoms with van der Waals surface area (Å²) in [6, 6.07) is 1.25. The Morgan fingerprint density at radius 3 is 2.27 bits per heavy atom. The Bertz CT molecular complexity index is 1280. The second kappa shape index (κ2) is 11.7. The minimum atomic E-state index is -4.90. The number of ether oxygens (including phenoxy) is 1. The van der Waals surface area contributed by atoms with Crippen molar-refractivity contribution >= 4 is 35.1 Å². The Morgan fingerprint density at radius 2 is 1.76 bits per heavy atom. The Kier molecular flexibility index (Phi) is 9.02. The molecule has 0 saturated heterocycles. The van der Waals surface area contributed by atoms with Crippen molar-refractivity contribution in [3.63, 3.8) is 0 Å². The highest BCUT2D eigenvalue weighted by Crippen LogP contribution is 2.47. The predicted octanol–water partition coefficient (Wildman–Crippen LogP) is 7.01. The molecule has 41 heavy (non-hydrogen) atoms. The summed E-state index contributed by atoms with van der Waals surface area (Å²) in [6.07, 6.45) is -2.83. The molecule has 1 atom stereocenters. The molecule has 4 rings (SSSR count). The van der Waals surface area contributed by atoms with Gasteiger partial charge in [0.25, 0.3) is 5.91 Å². The molecule has 226 valence electrons. The third-order valence-electron chi connectivity index (χ3n) is 8.20. The van der Waals surface area contributed by atoms with Crippen molar-refractivity contribution in [2.24, 2.45) is 10.8 Å². The first kappa shape index (κ1) is 31.6. The summed E-state index contributed by atoms with van der Waals surface area (Å²) in [5, 5.41) is 14.6. The van der Waals surface area contributed by atoms with E-state index >= 15 is 0 Å². The van der Waals surface area contributed by atoms with Crippen LogP contribution in [0.15, 0.2) is 18.3 Å². The number of aliphatic hydroxyl groups excluding tert-OH is 1. The summed E-state index contributed by atoms with van der Waals surface area (Å²) >= 11 is 12.2. The number of amides is 1. The molecule has 1 amide bonds. The minimum absolute atomic E-state index is 0.0212. The number of aliphatic hydroxyl groups is 1. The molecule has 1 heterocycles. The van der Waals surface area contributed by atoms with E-state index in [4.69, 9.17) is 27.9 Å². The second-order valence-electron chi connectivity index (χ2n) is 11.7. The highest BCUT2D eigenvalue weighted by Gasteiger charge is 2.47. The summed E-state index contributed by atoms with van der Waals surface area (Å²) in [6.45, 7) is 5.22. The maximum absolute atomic E-state index is 14.5. The fraction of sp³-hybridized carbons (Fsp3) is 0.607. The molecule has 0 aliphatic heterocycles. The zero-order valence-corrected chi connectivity index (χ0v) is 24.5. The number of carbonyl (C=O) groups excluding carboxylic acids is 2. The minimum Gasteiger partial charge on any atom is -0.466 e. The van der Waals surface area contributed by atoms with E-state index in [2.05, 4.69) is 5.10 Å². The molecule has 13 heteroatoms. The van der Waals surface area contributed by atoms with Crippen molar-refractivity contribution in [3.8, 4) is 0 Å². The van der Waals surface area contributed by atoms with Crippen LogP contribution in [0.2, 0.25) is 10.0 Å². The number of benzene rings is 1. The Morgan fingerprint density at radius 1 is 1.17 bits per heavy atom. The monoisotopic (exact) mass is 621 g/mol. The normalized spacial score (nSPS) is 22.7. The largest absolute Gasteiger partial charge is 0.466 e. The Hall–Kier alpha value is -2.37. The van der Waals surface area contributed by atoms with Crippen molar-refractivity contribution in [2.45, 2.75) is 77.6 Å². The lowest BCUT2D eigenvalue weighted by molar-refractivity contribution is -0.157. The van der Waals surface area contributed by atoms with Crippen molar-refractivity contribution in [3.05, 3.63) is 51.0 Å². The van der Waals surface area contributed by atoms with Gasteiger partial charge in [0.1, 0.15) is 5.82 Å². The van der Waals surface area contributed by atoms with Gasteiger partial charge in [-0.3, -0.25) is 14.3 Å². The molecule has 0 spiro atoms. The van der Waals surface area contributed by atoms with Gasteiger partial charge in [-0.25, -0.2) is 4.39 Å². The van der Waals surface area contributed by atoms with Crippen LogP contribution >= 0.6 is 23.2 Å². The highest BCUT2D eigenvalue weighted by atomic mass is 35.5. The molecule has 1 aromatic heterocycles. The number of hydrogen-bond donors (Lipinski definition) is 1. The van der Waals surface area contributed by atoms with Gasteiger partial charge >= 0.3 is 12.1 Å². The van der Waals surface area contributed by atoms with Crippen molar-refractivity contribution in [1.82, 2.24) is 14.7 Å². The first-order chi connectivity index (χ1) is 19.1. The van der Waals surface area contributed by atoms with Gasteiger partial charge in [0.05, 0.1) is 52.5 Å². The van der Waals surface area contributed by atoms with Crippen LogP contribution < -0.4 is 0 Å². The lowest BCUT2D eigenvalue weighted by Gasteiger charge is -2.36. The fourth-order valence-electron chi connectivity index (χ4n) is 5.47. The van der Waals surface area contributed by atoms with Gasteiger partial charge in [-0.2, -0.15) is 18.3 Å². The van der Waals surface area contributed by atoms with E-state index in [1.807, 2.05) is 6.92 Å². The van der Waals surface area contributed by atoms with E-state index in [0.717, 1.165) is 40.8 Å². The van der Waals surface area contributed by atoms with E-state index in [1.54, 1.807) is 13.8 Å². The third kappa shape index (κ3) is 6.83. The van der Waals surface area contributed by atoms with Crippen LogP contribution in [0.4, 0.5) is 17.6 Å². The summed E-state index contributed by atoms with van der Waals surface area (Å²) in [5.41, 5.74) is -2.95. The van der Waals surface area contributed by atoms with Gasteiger partial charge in [-0.05, 0) is 69.9 Å². The SMILES string of the molecule is CCOC(=O)[C@]1(C)CC[C@@H](n2ncc(C(=O)N(CC(O)c3c(Cl)cc(F)cc3Cl)CC3(C)CC3)c2C(F)(F)F)CC1. The van der Waals surface area contributed by atoms with Gasteiger partial charge in [0.15, 0.2) is 5.69 Å². The van der Waals surface area contributed by atoms with Gasteiger partial charge in [-0.15, -0.1) is 0 Å². The predicted molar refractivity (Wildman–Crippen MR) is 144 cm³/mol. The molecule has 2 fully saturated rings. The number of halogens is 6. The topological polar surface area (TPSA) is 84.7 Å². The molecule has 2 saturated carbocycles. The number of alkyl halides is 3. The van der Waals surface area contributed by atoms with E-state index in [-0.39, 0.29) is 53.0 Å². The van der Waals surface area contributed by atoms with Crippen LogP contribution in [0.25, 0.3) is 0 Å². The Labute approximate surface area is 245 Å². The molecular formula is C28H33Cl2F4N3O4. The molecular weight excluding hydrogens is 589 g/mol. The van der Waals surface area contributed by atoms with Gasteiger partial charge < -0.3 is 14.7 Å². The quantitative estimate of drug-likeness (QED) is 0.240. The summed E-state index contributed by atoms with van der Waals surface area (Å²) in [4.78, 5) is 27.3. The molecule has 2 aromatic rings. The van der Waals surface area contributed by atoms with Gasteiger partial charge in [-0.1, -0.05) is 30.1 Å². The van der Waals surface area contributed by atoms with E-state index in [9.17, 15) is 32.3 Å². The first-order valence-electron chi connectivity index (χ1n) is 13.5. The summed E-state index contributed by atoms with van der Waals surface area (Å²) in [5.74, 6) is -2.05. The van der Waals surface area contributed by atoms with Crippen LogP contribution in [-0.4, -0.2) is 51.4 Å². The van der Waals surface area contributed by atoms with Crippen molar-refractivity contribution < 1.29 is 37.0 Å². The zero-order valence-electron chi connectivity index (χ0n) is 23.0. The summed E-state index contributed by atoms with van der Waals surface area (Å²) in [7, 11) is 0. The highest BCUT2D eigenvalue weighted by molar-refractivity contribution is 6.36. The number of aromatic nitrogens is 2. The standard InChI is InChI=1S/C28H33Cl2F4N3O4/c1-4-41-25(40)27(3)7-5-17(6-8-27)37-23(28(32,33)34)18(13-35-37)24(39)36(15-26(2)9-10-26)14-21(38)22-19(29)11-16(31)12-20(22)30/h11-13,17,21,38H,4-10,14-15H2,1-3H3/t17-,21?,27-. The van der Waals surface area contributed by atoms with Gasteiger partial charge in [0.2, 0.25) is 0 Å². The van der Waals surface area contributed by atoms with Crippen molar-refractivity contribution in [1.29, 1.82) is 0 Å². The molecule has 0 radical (unpaired) electrons. The first-order valence-corrected chi connectivity index (χ1v) is 14.3. The number of hydrogen-bond acceptors (Lipinski definition) is 5. The Balaban J connectivity index is 1.63. The fourth-order valence-corrected chi connectivity index (χ4v) is 6.18.